The summed E-state index contributed by atoms with van der Waals surface area (Å²) in [5, 5.41) is 8.43. The van der Waals surface area contributed by atoms with E-state index in [1.165, 1.54) is 0 Å². The van der Waals surface area contributed by atoms with Crippen LogP contribution in [0.5, 0.6) is 0 Å². The molecule has 1 aliphatic rings. The number of unbranched alkanes of at least 4 members (excludes halogenated alkanes) is 1. The summed E-state index contributed by atoms with van der Waals surface area (Å²) in [5.41, 5.74) is 2.13. The highest BCUT2D eigenvalue weighted by Gasteiger charge is 2.39. The molecule has 4 aromatic rings. The van der Waals surface area contributed by atoms with Crippen molar-refractivity contribution >= 4 is 40.0 Å². The molecular weight excluding hydrogens is 456 g/mol. The highest BCUT2D eigenvalue weighted by Crippen LogP contribution is 2.39. The van der Waals surface area contributed by atoms with Gasteiger partial charge in [-0.15, -0.1) is 0 Å². The van der Waals surface area contributed by atoms with E-state index in [9.17, 15) is 9.59 Å². The van der Waals surface area contributed by atoms with Gasteiger partial charge in [-0.25, -0.2) is 4.98 Å². The van der Waals surface area contributed by atoms with Crippen molar-refractivity contribution in [3.05, 3.63) is 54.5 Å². The second-order valence-corrected chi connectivity index (χ2v) is 8.99. The van der Waals surface area contributed by atoms with Crippen LogP contribution in [-0.4, -0.2) is 55.8 Å². The summed E-state index contributed by atoms with van der Waals surface area (Å²) in [5.74, 6) is 1.66. The smallest absolute Gasteiger partial charge is 0.251 e. The lowest BCUT2D eigenvalue weighted by Crippen LogP contribution is -2.50. The molecule has 0 fully saturated rings. The molecule has 0 radical (unpaired) electrons. The predicted molar refractivity (Wildman–Crippen MR) is 139 cm³/mol. The van der Waals surface area contributed by atoms with Crippen LogP contribution in [0.1, 0.15) is 43.5 Å². The summed E-state index contributed by atoms with van der Waals surface area (Å²) in [4.78, 5) is 38.6. The third kappa shape index (κ3) is 3.98. The Bertz CT molecular complexity index is 1440. The molecule has 1 atom stereocenters. The van der Waals surface area contributed by atoms with Gasteiger partial charge in [0.1, 0.15) is 11.7 Å². The molecule has 10 nitrogen and oxygen atoms in total. The summed E-state index contributed by atoms with van der Waals surface area (Å²) < 4.78 is 3.60. The number of fused-ring (bicyclic) bond motifs is 2. The average Bonchev–Trinajstić information content (AvgIpc) is 3.51. The normalized spacial score (nSPS) is 15.4. The third-order valence-corrected chi connectivity index (χ3v) is 6.57. The van der Waals surface area contributed by atoms with Gasteiger partial charge in [0.2, 0.25) is 11.9 Å². The third-order valence-electron chi connectivity index (χ3n) is 6.57. The molecule has 186 valence electrons. The Morgan fingerprint density at radius 2 is 1.94 bits per heavy atom. The number of anilines is 3. The van der Waals surface area contributed by atoms with Crippen molar-refractivity contribution in [1.29, 1.82) is 0 Å². The molecule has 2 amide bonds. The van der Waals surface area contributed by atoms with Crippen LogP contribution in [0.15, 0.2) is 48.9 Å². The first-order valence-electron chi connectivity index (χ1n) is 12.3. The van der Waals surface area contributed by atoms with Gasteiger partial charge in [0.05, 0.1) is 11.7 Å². The number of amides is 2. The van der Waals surface area contributed by atoms with E-state index in [-0.39, 0.29) is 11.8 Å². The Morgan fingerprint density at radius 3 is 2.67 bits per heavy atom. The number of benzene rings is 1. The molecule has 0 saturated heterocycles. The fraction of sp³-hybridized carbons (Fsp3) is 0.346. The summed E-state index contributed by atoms with van der Waals surface area (Å²) in [6, 6.07) is 9.01. The van der Waals surface area contributed by atoms with E-state index in [1.54, 1.807) is 22.8 Å². The molecule has 0 spiro atoms. The Balaban J connectivity index is 1.55. The number of carbonyl (C=O) groups excluding carboxylic acids is 2. The van der Waals surface area contributed by atoms with Crippen molar-refractivity contribution in [3.8, 4) is 5.95 Å². The van der Waals surface area contributed by atoms with E-state index in [0.29, 0.717) is 41.8 Å². The fourth-order valence-corrected chi connectivity index (χ4v) is 4.58. The van der Waals surface area contributed by atoms with Gasteiger partial charge < -0.3 is 10.2 Å². The highest BCUT2D eigenvalue weighted by atomic mass is 16.2. The van der Waals surface area contributed by atoms with Crippen LogP contribution in [0.25, 0.3) is 16.9 Å². The van der Waals surface area contributed by atoms with E-state index < -0.39 is 6.04 Å². The highest BCUT2D eigenvalue weighted by molar-refractivity contribution is 6.06. The van der Waals surface area contributed by atoms with E-state index in [2.05, 4.69) is 22.3 Å². The largest absolute Gasteiger partial charge is 0.352 e. The van der Waals surface area contributed by atoms with E-state index >= 15 is 0 Å². The maximum Gasteiger partial charge on any atom is 0.251 e. The van der Waals surface area contributed by atoms with Gasteiger partial charge in [0.15, 0.2) is 11.6 Å². The quantitative estimate of drug-likeness (QED) is 0.401. The molecule has 0 aliphatic carbocycles. The molecule has 4 heterocycles. The maximum atomic E-state index is 13.1. The second-order valence-electron chi connectivity index (χ2n) is 8.99. The van der Waals surface area contributed by atoms with Gasteiger partial charge >= 0.3 is 0 Å². The zero-order chi connectivity index (χ0) is 25.4. The Morgan fingerprint density at radius 1 is 1.11 bits per heavy atom. The Labute approximate surface area is 209 Å². The van der Waals surface area contributed by atoms with Crippen LogP contribution in [0.2, 0.25) is 0 Å². The molecular formula is C26H30N8O2. The minimum absolute atomic E-state index is 0.0249. The Kier molecular flexibility index (Phi) is 6.17. The fourth-order valence-electron chi connectivity index (χ4n) is 4.58. The molecule has 1 aliphatic heterocycles. The molecule has 0 saturated carbocycles. The minimum atomic E-state index is -0.421. The zero-order valence-electron chi connectivity index (χ0n) is 21.0. The first kappa shape index (κ1) is 23.5. The van der Waals surface area contributed by atoms with Gasteiger partial charge in [0.25, 0.3) is 5.91 Å². The zero-order valence-corrected chi connectivity index (χ0v) is 21.0. The van der Waals surface area contributed by atoms with E-state index in [0.717, 1.165) is 23.7 Å². The van der Waals surface area contributed by atoms with E-state index in [4.69, 9.17) is 4.98 Å². The maximum absolute atomic E-state index is 13.1. The first-order chi connectivity index (χ1) is 17.4. The number of aryl methyl sites for hydroxylation is 1. The molecule has 1 N–H and O–H groups in total. The standard InChI is InChI=1S/C26H30N8O2/c1-5-7-12-27-24(35)18-8-9-20-17(15-18)10-14-33(20)26-28-16-21-23(29-26)34(22-11-13-31(3)30-22)19(6-2)25(36)32(21)4/h8-11,13-16,19H,5-7,12H2,1-4H3,(H,27,35). The molecule has 1 aromatic carbocycles. The average molecular weight is 487 g/mol. The number of aromatic nitrogens is 5. The van der Waals surface area contributed by atoms with Crippen LogP contribution in [-0.2, 0) is 11.8 Å². The molecule has 0 bridgehead atoms. The molecule has 36 heavy (non-hydrogen) atoms. The molecule has 5 rings (SSSR count). The lowest BCUT2D eigenvalue weighted by molar-refractivity contribution is -0.119. The van der Waals surface area contributed by atoms with Crippen LogP contribution >= 0.6 is 0 Å². The number of nitrogens with zero attached hydrogens (tertiary/aromatic N) is 7. The lowest BCUT2D eigenvalue weighted by atomic mass is 10.1. The summed E-state index contributed by atoms with van der Waals surface area (Å²) in [6.07, 6.45) is 8.01. The molecule has 10 heteroatoms. The van der Waals surface area contributed by atoms with Crippen molar-refractivity contribution in [1.82, 2.24) is 29.6 Å². The van der Waals surface area contributed by atoms with Crippen molar-refractivity contribution in [2.24, 2.45) is 7.05 Å². The second kappa shape index (κ2) is 9.44. The predicted octanol–water partition coefficient (Wildman–Crippen LogP) is 3.58. The summed E-state index contributed by atoms with van der Waals surface area (Å²) in [7, 11) is 3.60. The van der Waals surface area contributed by atoms with Gasteiger partial charge in [-0.2, -0.15) is 10.1 Å². The molecule has 3 aromatic heterocycles. The van der Waals surface area contributed by atoms with Crippen molar-refractivity contribution < 1.29 is 9.59 Å². The SMILES string of the molecule is CCCCNC(=O)c1ccc2c(ccn2-c2ncc3c(n2)N(c2ccn(C)n2)C(CC)C(=O)N3C)c1. The van der Waals surface area contributed by atoms with Crippen LogP contribution in [0.3, 0.4) is 0 Å². The van der Waals surface area contributed by atoms with Crippen molar-refractivity contribution in [2.45, 2.75) is 39.2 Å². The Hall–Kier alpha value is -4.21. The summed E-state index contributed by atoms with van der Waals surface area (Å²) >= 11 is 0. The van der Waals surface area contributed by atoms with Gasteiger partial charge in [-0.1, -0.05) is 20.3 Å². The number of carbonyl (C=O) groups is 2. The van der Waals surface area contributed by atoms with Crippen LogP contribution in [0, 0.1) is 0 Å². The number of hydrogen-bond donors (Lipinski definition) is 1. The summed E-state index contributed by atoms with van der Waals surface area (Å²) in [6.45, 7) is 4.74. The van der Waals surface area contributed by atoms with E-state index in [1.807, 2.05) is 66.2 Å². The van der Waals surface area contributed by atoms with Crippen LogP contribution in [0.4, 0.5) is 17.3 Å². The van der Waals surface area contributed by atoms with Crippen molar-refractivity contribution in [3.63, 3.8) is 0 Å². The topological polar surface area (TPSA) is 101 Å². The lowest BCUT2D eigenvalue weighted by Gasteiger charge is -2.39. The van der Waals surface area contributed by atoms with Gasteiger partial charge in [-0.05, 0) is 37.1 Å². The number of likely N-dealkylation sites (N-methyl/N-ethyl adjacent to an activating group) is 1. The minimum Gasteiger partial charge on any atom is -0.352 e. The van der Waals surface area contributed by atoms with Crippen LogP contribution < -0.4 is 15.1 Å². The van der Waals surface area contributed by atoms with Gasteiger partial charge in [-0.3, -0.25) is 23.7 Å². The first-order valence-corrected chi connectivity index (χ1v) is 12.3. The number of hydrogen-bond acceptors (Lipinski definition) is 6. The van der Waals surface area contributed by atoms with Gasteiger partial charge in [0, 0.05) is 50.0 Å². The molecule has 1 unspecified atom stereocenters. The number of nitrogens with one attached hydrogen (secondary N) is 1. The monoisotopic (exact) mass is 486 g/mol. The van der Waals surface area contributed by atoms with Crippen molar-refractivity contribution in [2.75, 3.05) is 23.4 Å². The number of rotatable bonds is 7.